The summed E-state index contributed by atoms with van der Waals surface area (Å²) in [4.78, 5) is 0. The SMILES string of the molecule is OC1(CNCCC2CCCCC2)CCOC1. The molecule has 3 nitrogen and oxygen atoms in total. The Morgan fingerprint density at radius 3 is 2.75 bits per heavy atom. The van der Waals surface area contributed by atoms with Crippen molar-refractivity contribution in [2.24, 2.45) is 5.92 Å². The Kier molecular flexibility index (Phi) is 4.62. The van der Waals surface area contributed by atoms with Crippen molar-refractivity contribution in [1.29, 1.82) is 0 Å². The first-order chi connectivity index (χ1) is 7.79. The van der Waals surface area contributed by atoms with Gasteiger partial charge >= 0.3 is 0 Å². The van der Waals surface area contributed by atoms with Crippen LogP contribution in [0.25, 0.3) is 0 Å². The van der Waals surface area contributed by atoms with E-state index in [1.54, 1.807) is 0 Å². The van der Waals surface area contributed by atoms with Crippen LogP contribution in [0.1, 0.15) is 44.9 Å². The Hall–Kier alpha value is -0.120. The third-order valence-electron chi connectivity index (χ3n) is 3.99. The molecule has 2 aliphatic rings. The van der Waals surface area contributed by atoms with Gasteiger partial charge in [0.2, 0.25) is 0 Å². The minimum absolute atomic E-state index is 0.503. The van der Waals surface area contributed by atoms with E-state index in [0.29, 0.717) is 19.8 Å². The summed E-state index contributed by atoms with van der Waals surface area (Å²) in [6, 6.07) is 0. The Bertz CT molecular complexity index is 196. The fourth-order valence-corrected chi connectivity index (χ4v) is 2.84. The zero-order valence-electron chi connectivity index (χ0n) is 10.2. The molecule has 0 aromatic carbocycles. The summed E-state index contributed by atoms with van der Waals surface area (Å²) in [5.41, 5.74) is -0.591. The maximum absolute atomic E-state index is 10.0. The monoisotopic (exact) mass is 227 g/mol. The van der Waals surface area contributed by atoms with Crippen LogP contribution < -0.4 is 5.32 Å². The van der Waals surface area contributed by atoms with Gasteiger partial charge in [-0.3, -0.25) is 0 Å². The maximum Gasteiger partial charge on any atom is 0.102 e. The minimum Gasteiger partial charge on any atom is -0.386 e. The number of hydrogen-bond donors (Lipinski definition) is 2. The van der Waals surface area contributed by atoms with Crippen LogP contribution in [0.4, 0.5) is 0 Å². The van der Waals surface area contributed by atoms with E-state index in [1.807, 2.05) is 0 Å². The van der Waals surface area contributed by atoms with Crippen LogP contribution in [0.2, 0.25) is 0 Å². The zero-order chi connectivity index (χ0) is 11.3. The quantitative estimate of drug-likeness (QED) is 0.702. The van der Waals surface area contributed by atoms with Crippen LogP contribution >= 0.6 is 0 Å². The van der Waals surface area contributed by atoms with Gasteiger partial charge in [0.15, 0.2) is 0 Å². The van der Waals surface area contributed by atoms with E-state index in [2.05, 4.69) is 5.32 Å². The highest BCUT2D eigenvalue weighted by Crippen LogP contribution is 2.25. The van der Waals surface area contributed by atoms with E-state index < -0.39 is 5.60 Å². The summed E-state index contributed by atoms with van der Waals surface area (Å²) in [7, 11) is 0. The first kappa shape index (κ1) is 12.3. The van der Waals surface area contributed by atoms with Gasteiger partial charge in [-0.2, -0.15) is 0 Å². The number of aliphatic hydroxyl groups is 1. The normalized spacial score (nSPS) is 32.1. The van der Waals surface area contributed by atoms with Gasteiger partial charge in [-0.05, 0) is 18.9 Å². The minimum atomic E-state index is -0.591. The predicted molar refractivity (Wildman–Crippen MR) is 64.4 cm³/mol. The molecular formula is C13H25NO2. The van der Waals surface area contributed by atoms with Crippen LogP contribution in [-0.2, 0) is 4.74 Å². The fourth-order valence-electron chi connectivity index (χ4n) is 2.84. The van der Waals surface area contributed by atoms with E-state index in [-0.39, 0.29) is 0 Å². The third-order valence-corrected chi connectivity index (χ3v) is 3.99. The molecule has 1 aliphatic carbocycles. The second kappa shape index (κ2) is 5.99. The van der Waals surface area contributed by atoms with Gasteiger partial charge in [0, 0.05) is 19.6 Å². The molecule has 0 bridgehead atoms. The zero-order valence-corrected chi connectivity index (χ0v) is 10.2. The number of nitrogens with one attached hydrogen (secondary N) is 1. The Morgan fingerprint density at radius 1 is 1.25 bits per heavy atom. The lowest BCUT2D eigenvalue weighted by atomic mass is 9.87. The van der Waals surface area contributed by atoms with E-state index in [4.69, 9.17) is 4.74 Å². The molecule has 16 heavy (non-hydrogen) atoms. The van der Waals surface area contributed by atoms with Crippen LogP contribution in [0.3, 0.4) is 0 Å². The molecule has 3 heteroatoms. The molecule has 0 radical (unpaired) electrons. The molecule has 0 spiro atoms. The van der Waals surface area contributed by atoms with Gasteiger partial charge in [-0.25, -0.2) is 0 Å². The van der Waals surface area contributed by atoms with Crippen molar-refractivity contribution in [3.63, 3.8) is 0 Å². The Balaban J connectivity index is 1.54. The van der Waals surface area contributed by atoms with Gasteiger partial charge in [-0.15, -0.1) is 0 Å². The molecule has 2 rings (SSSR count). The van der Waals surface area contributed by atoms with Crippen LogP contribution in [0.15, 0.2) is 0 Å². The van der Waals surface area contributed by atoms with Crippen LogP contribution in [0, 0.1) is 5.92 Å². The third kappa shape index (κ3) is 3.72. The van der Waals surface area contributed by atoms with Crippen molar-refractivity contribution in [2.75, 3.05) is 26.3 Å². The van der Waals surface area contributed by atoms with E-state index >= 15 is 0 Å². The lowest BCUT2D eigenvalue weighted by Gasteiger charge is -2.24. The van der Waals surface area contributed by atoms with E-state index in [0.717, 1.165) is 18.9 Å². The molecule has 1 aliphatic heterocycles. The summed E-state index contributed by atoms with van der Waals surface area (Å²) in [6.45, 7) is 2.96. The first-order valence-electron chi connectivity index (χ1n) is 6.79. The van der Waals surface area contributed by atoms with Gasteiger partial charge in [0.1, 0.15) is 5.60 Å². The first-order valence-corrected chi connectivity index (χ1v) is 6.79. The number of hydrogen-bond acceptors (Lipinski definition) is 3. The summed E-state index contributed by atoms with van der Waals surface area (Å²) in [6.07, 6.45) is 9.15. The largest absolute Gasteiger partial charge is 0.386 e. The van der Waals surface area contributed by atoms with E-state index in [9.17, 15) is 5.11 Å². The second-order valence-electron chi connectivity index (χ2n) is 5.50. The molecule has 1 atom stereocenters. The molecule has 0 aromatic heterocycles. The van der Waals surface area contributed by atoms with Crippen molar-refractivity contribution >= 4 is 0 Å². The van der Waals surface area contributed by atoms with Gasteiger partial charge in [0.05, 0.1) is 6.61 Å². The van der Waals surface area contributed by atoms with Gasteiger partial charge < -0.3 is 15.2 Å². The molecule has 0 aromatic rings. The average molecular weight is 227 g/mol. The van der Waals surface area contributed by atoms with Crippen molar-refractivity contribution in [3.05, 3.63) is 0 Å². The summed E-state index contributed by atoms with van der Waals surface area (Å²) >= 11 is 0. The van der Waals surface area contributed by atoms with Crippen molar-refractivity contribution in [3.8, 4) is 0 Å². The predicted octanol–water partition coefficient (Wildman–Crippen LogP) is 1.70. The smallest absolute Gasteiger partial charge is 0.102 e. The molecule has 1 saturated heterocycles. The standard InChI is InChI=1S/C13H25NO2/c15-13(7-9-16-11-13)10-14-8-6-12-4-2-1-3-5-12/h12,14-15H,1-11H2. The molecule has 1 heterocycles. The van der Waals surface area contributed by atoms with Crippen molar-refractivity contribution < 1.29 is 9.84 Å². The van der Waals surface area contributed by atoms with Crippen LogP contribution in [0.5, 0.6) is 0 Å². The fraction of sp³-hybridized carbons (Fsp3) is 1.00. The molecular weight excluding hydrogens is 202 g/mol. The molecule has 94 valence electrons. The summed E-state index contributed by atoms with van der Waals surface area (Å²) < 4.78 is 5.22. The van der Waals surface area contributed by atoms with Gasteiger partial charge in [0.25, 0.3) is 0 Å². The Labute approximate surface area is 98.6 Å². The molecule has 2 N–H and O–H groups in total. The molecule has 2 fully saturated rings. The molecule has 0 amide bonds. The highest BCUT2D eigenvalue weighted by molar-refractivity contribution is 4.84. The molecule has 1 unspecified atom stereocenters. The van der Waals surface area contributed by atoms with Gasteiger partial charge in [-0.1, -0.05) is 32.1 Å². The van der Waals surface area contributed by atoms with E-state index in [1.165, 1.54) is 38.5 Å². The lowest BCUT2D eigenvalue weighted by Crippen LogP contribution is -2.41. The summed E-state index contributed by atoms with van der Waals surface area (Å²) in [5, 5.41) is 13.4. The maximum atomic E-state index is 10.0. The Morgan fingerprint density at radius 2 is 2.06 bits per heavy atom. The number of ether oxygens (including phenoxy) is 1. The highest BCUT2D eigenvalue weighted by Gasteiger charge is 2.31. The van der Waals surface area contributed by atoms with Crippen LogP contribution in [-0.4, -0.2) is 37.0 Å². The summed E-state index contributed by atoms with van der Waals surface area (Å²) in [5.74, 6) is 0.927. The number of rotatable bonds is 5. The highest BCUT2D eigenvalue weighted by atomic mass is 16.5. The second-order valence-corrected chi connectivity index (χ2v) is 5.50. The topological polar surface area (TPSA) is 41.5 Å². The van der Waals surface area contributed by atoms with Crippen molar-refractivity contribution in [1.82, 2.24) is 5.32 Å². The average Bonchev–Trinajstić information content (AvgIpc) is 2.74. The van der Waals surface area contributed by atoms with Crippen molar-refractivity contribution in [2.45, 2.75) is 50.5 Å². The molecule has 1 saturated carbocycles. The lowest BCUT2D eigenvalue weighted by molar-refractivity contribution is 0.0269.